The summed E-state index contributed by atoms with van der Waals surface area (Å²) in [5, 5.41) is 9.19. The molecule has 3 amide bonds. The van der Waals surface area contributed by atoms with Gasteiger partial charge in [0.05, 0.1) is 52.1 Å². The molecule has 3 aromatic carbocycles. The van der Waals surface area contributed by atoms with Crippen molar-refractivity contribution in [2.75, 3.05) is 75.5 Å². The minimum Gasteiger partial charge on any atom is -0.461 e. The number of aryl methyl sites for hydroxylation is 2. The Kier molecular flexibility index (Phi) is 13.6. The van der Waals surface area contributed by atoms with Gasteiger partial charge in [-0.2, -0.15) is 15.1 Å². The van der Waals surface area contributed by atoms with Gasteiger partial charge in [-0.05, 0) is 125 Å². The van der Waals surface area contributed by atoms with E-state index in [1.165, 1.54) is 10.7 Å². The number of piperidine rings is 3. The van der Waals surface area contributed by atoms with Gasteiger partial charge in [0.25, 0.3) is 0 Å². The lowest BCUT2D eigenvalue weighted by Crippen LogP contribution is -2.48. The molecule has 0 bridgehead atoms. The first kappa shape index (κ1) is 51.4. The molecule has 412 valence electrons. The van der Waals surface area contributed by atoms with E-state index in [0.717, 1.165) is 83.8 Å². The van der Waals surface area contributed by atoms with Crippen molar-refractivity contribution in [3.8, 4) is 29.6 Å². The van der Waals surface area contributed by atoms with Crippen molar-refractivity contribution in [1.29, 1.82) is 0 Å². The van der Waals surface area contributed by atoms with E-state index in [9.17, 15) is 14.4 Å². The first-order valence-electron chi connectivity index (χ1n) is 28.4. The van der Waals surface area contributed by atoms with Crippen LogP contribution < -0.4 is 19.9 Å². The van der Waals surface area contributed by atoms with Crippen LogP contribution in [0.4, 0.5) is 29.5 Å². The smallest absolute Gasteiger partial charge is 0.409 e. The number of benzene rings is 3. The molecule has 0 spiro atoms. The Balaban J connectivity index is 0.636. The van der Waals surface area contributed by atoms with Crippen LogP contribution in [-0.4, -0.2) is 136 Å². The number of terminal acetylenes is 1. The normalized spacial score (nSPS) is 24.1. The summed E-state index contributed by atoms with van der Waals surface area (Å²) < 4.78 is 69.2. The summed E-state index contributed by atoms with van der Waals surface area (Å²) in [4.78, 5) is 61.5. The second-order valence-corrected chi connectivity index (χ2v) is 23.0. The summed E-state index contributed by atoms with van der Waals surface area (Å²) in [5.41, 5.74) is 2.33. The maximum absolute atomic E-state index is 17.5. The lowest BCUT2D eigenvalue weighted by Gasteiger charge is -2.37. The number of anilines is 2. The molecule has 79 heavy (non-hydrogen) atoms. The number of fused-ring (bicyclic) bond motifs is 5. The zero-order chi connectivity index (χ0) is 54.1. The van der Waals surface area contributed by atoms with Crippen molar-refractivity contribution in [2.24, 2.45) is 18.9 Å². The van der Waals surface area contributed by atoms with Crippen LogP contribution in [0.2, 0.25) is 0 Å². The lowest BCUT2D eigenvalue weighted by molar-refractivity contribution is -0.134. The Morgan fingerprint density at radius 3 is 2.51 bits per heavy atom. The third kappa shape index (κ3) is 9.25. The van der Waals surface area contributed by atoms with Crippen LogP contribution in [0.25, 0.3) is 43.8 Å². The molecule has 16 nitrogen and oxygen atoms in total. The van der Waals surface area contributed by atoms with Crippen molar-refractivity contribution in [3.63, 3.8) is 0 Å². The van der Waals surface area contributed by atoms with E-state index >= 15 is 13.2 Å². The summed E-state index contributed by atoms with van der Waals surface area (Å²) in [5.74, 6) is 1.25. The number of aromatic nitrogens is 5. The summed E-state index contributed by atoms with van der Waals surface area (Å²) in [6.45, 7) is 5.97. The molecule has 0 saturated carbocycles. The van der Waals surface area contributed by atoms with Crippen molar-refractivity contribution < 1.29 is 41.8 Å². The minimum atomic E-state index is -0.650. The Hall–Kier alpha value is -7.04. The summed E-state index contributed by atoms with van der Waals surface area (Å²) in [7, 11) is 1.69. The predicted octanol–water partition coefficient (Wildman–Crippen LogP) is 8.72. The fraction of sp³-hybridized carbons (Fsp3) is 0.517. The highest BCUT2D eigenvalue weighted by atomic mass is 19.1. The molecule has 0 aliphatic carbocycles. The standard InChI is InChI=1S/C60H65F3N10O6/c1-3-40-44(61)13-9-37-7-4-8-41(48(37)40)53-51(63)54-49-45(64-53)14-10-38-32-77-30-6-24-72(38)56(49)67-58(66-54)79-34-60-22-5-25-73(60)39(17-23-60)33-78-59(76)71-28-20-36(21-29-71)31-35-18-26-70(27-19-35)46-15-11-42-52(68-69(2)55(42)50(46)62)43-12-16-47(74)65-57(43)75/h1,4,7-9,11,13,15,35-36,38-39,43H,5-6,10,12,14,16-34H2,2H3,(H,65,74,75)/t38-,39-,43?,60-/m0/s1. The average molecular weight is 1080 g/mol. The lowest BCUT2D eigenvalue weighted by atomic mass is 9.82. The second kappa shape index (κ2) is 20.9. The number of nitrogens with zero attached hydrogens (tertiary/aromatic N) is 9. The number of nitrogens with one attached hydrogen (secondary N) is 1. The number of carbonyl (C=O) groups is 3. The van der Waals surface area contributed by atoms with Gasteiger partial charge >= 0.3 is 12.1 Å². The number of halogens is 3. The highest BCUT2D eigenvalue weighted by molar-refractivity contribution is 6.04. The van der Waals surface area contributed by atoms with Gasteiger partial charge < -0.3 is 28.9 Å². The van der Waals surface area contributed by atoms with Crippen LogP contribution in [0, 0.1) is 41.6 Å². The van der Waals surface area contributed by atoms with Gasteiger partial charge in [-0.3, -0.25) is 24.5 Å². The number of carbonyl (C=O) groups excluding carboxylic acids is 3. The van der Waals surface area contributed by atoms with Gasteiger partial charge in [-0.1, -0.05) is 30.2 Å². The van der Waals surface area contributed by atoms with E-state index in [1.54, 1.807) is 31.3 Å². The number of hydrogen-bond acceptors (Lipinski definition) is 13. The average Bonchev–Trinajstić information content (AvgIpc) is 4.29. The van der Waals surface area contributed by atoms with E-state index in [1.807, 2.05) is 17.0 Å². The van der Waals surface area contributed by atoms with Crippen LogP contribution in [-0.2, 0) is 32.5 Å². The number of amides is 3. The number of likely N-dealkylation sites (tertiary alicyclic amines) is 1. The first-order chi connectivity index (χ1) is 38.4. The fourth-order valence-corrected chi connectivity index (χ4v) is 14.5. The highest BCUT2D eigenvalue weighted by Gasteiger charge is 2.50. The predicted molar refractivity (Wildman–Crippen MR) is 291 cm³/mol. The largest absolute Gasteiger partial charge is 0.461 e. The Bertz CT molecular complexity index is 3460. The molecular formula is C60H65F3N10O6. The Morgan fingerprint density at radius 2 is 1.70 bits per heavy atom. The van der Waals surface area contributed by atoms with E-state index in [0.29, 0.717) is 119 Å². The first-order valence-corrected chi connectivity index (χ1v) is 28.4. The van der Waals surface area contributed by atoms with Gasteiger partial charge in [0.2, 0.25) is 11.8 Å². The molecule has 6 fully saturated rings. The fourth-order valence-electron chi connectivity index (χ4n) is 14.5. The van der Waals surface area contributed by atoms with Gasteiger partial charge in [0, 0.05) is 75.2 Å². The Morgan fingerprint density at radius 1 is 0.873 bits per heavy atom. The molecule has 19 heteroatoms. The van der Waals surface area contributed by atoms with Crippen LogP contribution >= 0.6 is 0 Å². The van der Waals surface area contributed by atoms with Crippen LogP contribution in [0.15, 0.2) is 42.5 Å². The van der Waals surface area contributed by atoms with Gasteiger partial charge in [0.1, 0.15) is 41.6 Å². The molecular weight excluding hydrogens is 1010 g/mol. The molecule has 0 radical (unpaired) electrons. The molecule has 4 atom stereocenters. The van der Waals surface area contributed by atoms with Gasteiger partial charge in [-0.15, -0.1) is 6.42 Å². The Labute approximate surface area is 456 Å². The molecule has 7 aliphatic heterocycles. The van der Waals surface area contributed by atoms with Crippen LogP contribution in [0.1, 0.15) is 106 Å². The highest BCUT2D eigenvalue weighted by Crippen LogP contribution is 2.45. The van der Waals surface area contributed by atoms with E-state index in [2.05, 4.69) is 31.0 Å². The number of rotatable bonds is 10. The van der Waals surface area contributed by atoms with Gasteiger partial charge in [-0.25, -0.2) is 22.9 Å². The van der Waals surface area contributed by atoms with E-state index in [4.69, 9.17) is 35.6 Å². The molecule has 6 aromatic rings. The molecule has 3 aromatic heterocycles. The van der Waals surface area contributed by atoms with Crippen molar-refractivity contribution in [1.82, 2.24) is 39.8 Å². The van der Waals surface area contributed by atoms with Crippen molar-refractivity contribution in [3.05, 3.63) is 76.9 Å². The number of hydrogen-bond donors (Lipinski definition) is 1. The SMILES string of the molecule is C#Cc1c(F)ccc2cccc(-c3nc4c5c(nc(OC[C@@]67CCCN6[C@H](COC(=O)N6CCC(CC8CCN(c9ccc%10c(C%11CCC(=O)NC%11=O)nn(C)c%10c9F)CC8)CC6)CC7)nc5c3F)N3CCCOC[C@@H]3CC4)c12. The second-order valence-electron chi connectivity index (χ2n) is 23.0. The molecule has 1 N–H and O–H groups in total. The maximum Gasteiger partial charge on any atom is 0.409 e. The molecule has 7 aliphatic rings. The summed E-state index contributed by atoms with van der Waals surface area (Å²) in [6.07, 6.45) is 16.5. The topological polar surface area (TPSA) is 160 Å². The number of ether oxygens (including phenoxy) is 3. The monoisotopic (exact) mass is 1080 g/mol. The van der Waals surface area contributed by atoms with Crippen LogP contribution in [0.3, 0.4) is 0 Å². The van der Waals surface area contributed by atoms with Crippen LogP contribution in [0.5, 0.6) is 6.01 Å². The summed E-state index contributed by atoms with van der Waals surface area (Å²) in [6, 6.07) is 12.1. The number of pyridine rings is 1. The van der Waals surface area contributed by atoms with Gasteiger partial charge in [0.15, 0.2) is 11.6 Å². The summed E-state index contributed by atoms with van der Waals surface area (Å²) >= 11 is 0. The maximum atomic E-state index is 17.5. The van der Waals surface area contributed by atoms with Crippen molar-refractivity contribution >= 4 is 62.0 Å². The van der Waals surface area contributed by atoms with Crippen molar-refractivity contribution in [2.45, 2.75) is 113 Å². The quantitative estimate of drug-likeness (QED) is 0.103. The molecule has 10 heterocycles. The minimum absolute atomic E-state index is 0.0128. The van der Waals surface area contributed by atoms with E-state index < -0.39 is 17.6 Å². The zero-order valence-electron chi connectivity index (χ0n) is 44.6. The molecule has 13 rings (SSSR count). The van der Waals surface area contributed by atoms with E-state index in [-0.39, 0.29) is 83.8 Å². The zero-order valence-corrected chi connectivity index (χ0v) is 44.6. The molecule has 6 saturated heterocycles. The third-order valence-electron chi connectivity index (χ3n) is 18.6. The molecule has 1 unspecified atom stereocenters. The third-order valence-corrected chi connectivity index (χ3v) is 18.6. The number of imide groups is 1.